The Balaban J connectivity index is 1.62. The highest BCUT2D eigenvalue weighted by Gasteiger charge is 2.33. The fraction of sp³-hybridized carbons (Fsp3) is 0.667. The zero-order valence-electron chi connectivity index (χ0n) is 22.7. The molecular formula is C27H42ClN5O5. The van der Waals surface area contributed by atoms with Gasteiger partial charge in [0.15, 0.2) is 0 Å². The van der Waals surface area contributed by atoms with E-state index in [1.165, 1.54) is 7.11 Å². The Kier molecular flexibility index (Phi) is 11.9. The Labute approximate surface area is 230 Å². The minimum absolute atomic E-state index is 0.0242. The molecule has 3 N–H and O–H groups in total. The van der Waals surface area contributed by atoms with E-state index in [9.17, 15) is 14.4 Å². The second-order valence-electron chi connectivity index (χ2n) is 10.2. The highest BCUT2D eigenvalue weighted by Crippen LogP contribution is 2.34. The monoisotopic (exact) mass is 551 g/mol. The van der Waals surface area contributed by atoms with Crippen molar-refractivity contribution in [3.63, 3.8) is 0 Å². The predicted octanol–water partition coefficient (Wildman–Crippen LogP) is 3.02. The lowest BCUT2D eigenvalue weighted by molar-refractivity contribution is -0.133. The second-order valence-corrected chi connectivity index (χ2v) is 10.7. The molecule has 1 aromatic carbocycles. The molecular weight excluding hydrogens is 510 g/mol. The van der Waals surface area contributed by atoms with Crippen LogP contribution in [-0.4, -0.2) is 94.4 Å². The lowest BCUT2D eigenvalue weighted by Crippen LogP contribution is -2.52. The van der Waals surface area contributed by atoms with Crippen molar-refractivity contribution in [2.24, 2.45) is 11.8 Å². The number of nitrogens with one attached hydrogen (secondary N) is 3. The third kappa shape index (κ3) is 9.03. The molecule has 3 rings (SSSR count). The standard InChI is InChI=1S/C27H42ClN5O5/c1-29-16-23(14-19-9-10-24(34)32(2)17-19)31-26(35)33-12-5-7-21(18-33)25(20-6-4-8-22(28)15-20)38-13-11-30-27(36)37-3/h4,6,8,15,19,21,23,25,29H,5,7,9-14,16-18H2,1-3H3,(H,30,36)(H,31,35)/t19-,21-,23+,25?/m1/s1. The molecule has 2 fully saturated rings. The predicted molar refractivity (Wildman–Crippen MR) is 146 cm³/mol. The zero-order valence-corrected chi connectivity index (χ0v) is 23.5. The van der Waals surface area contributed by atoms with Crippen molar-refractivity contribution in [3.05, 3.63) is 34.9 Å². The van der Waals surface area contributed by atoms with E-state index in [2.05, 4.69) is 20.7 Å². The third-order valence-corrected chi connectivity index (χ3v) is 7.56. The van der Waals surface area contributed by atoms with Crippen molar-refractivity contribution in [1.29, 1.82) is 0 Å². The van der Waals surface area contributed by atoms with Gasteiger partial charge in [-0.15, -0.1) is 0 Å². The minimum Gasteiger partial charge on any atom is -0.453 e. The Morgan fingerprint density at radius 2 is 2.05 bits per heavy atom. The Morgan fingerprint density at radius 3 is 2.76 bits per heavy atom. The molecule has 0 aromatic heterocycles. The van der Waals surface area contributed by atoms with Crippen LogP contribution in [0.1, 0.15) is 43.8 Å². The lowest BCUT2D eigenvalue weighted by Gasteiger charge is -2.38. The maximum atomic E-state index is 13.4. The fourth-order valence-electron chi connectivity index (χ4n) is 5.44. The number of hydrogen-bond donors (Lipinski definition) is 3. The van der Waals surface area contributed by atoms with Crippen LogP contribution in [0.2, 0.25) is 5.02 Å². The largest absolute Gasteiger partial charge is 0.453 e. The molecule has 0 bridgehead atoms. The maximum absolute atomic E-state index is 13.4. The molecule has 1 unspecified atom stereocenters. The number of benzene rings is 1. The van der Waals surface area contributed by atoms with Gasteiger partial charge < -0.3 is 35.2 Å². The van der Waals surface area contributed by atoms with Gasteiger partial charge in [0.1, 0.15) is 0 Å². The van der Waals surface area contributed by atoms with E-state index in [-0.39, 0.29) is 30.0 Å². The van der Waals surface area contributed by atoms with Crippen LogP contribution in [-0.2, 0) is 14.3 Å². The number of ether oxygens (including phenoxy) is 2. The SMILES string of the molecule is CNC[C@H](C[C@H]1CCC(=O)N(C)C1)NC(=O)N1CCC[C@@H](C(OCCNC(=O)OC)c2cccc(Cl)c2)C1. The van der Waals surface area contributed by atoms with E-state index in [0.717, 1.165) is 37.8 Å². The van der Waals surface area contributed by atoms with Crippen molar-refractivity contribution < 1.29 is 23.9 Å². The number of halogens is 1. The number of methoxy groups -OCH3 is 1. The van der Waals surface area contributed by atoms with Crippen molar-refractivity contribution in [1.82, 2.24) is 25.8 Å². The average Bonchev–Trinajstić information content (AvgIpc) is 2.90. The molecule has 0 radical (unpaired) electrons. The van der Waals surface area contributed by atoms with Crippen LogP contribution in [0, 0.1) is 11.8 Å². The van der Waals surface area contributed by atoms with Crippen LogP contribution in [0.15, 0.2) is 24.3 Å². The Hall–Kier alpha value is -2.56. The number of rotatable bonds is 11. The molecule has 4 amide bonds. The van der Waals surface area contributed by atoms with Crippen LogP contribution < -0.4 is 16.0 Å². The van der Waals surface area contributed by atoms with Gasteiger partial charge in [-0.2, -0.15) is 0 Å². The molecule has 0 spiro atoms. The van der Waals surface area contributed by atoms with Gasteiger partial charge >= 0.3 is 12.1 Å². The first-order chi connectivity index (χ1) is 18.3. The molecule has 38 heavy (non-hydrogen) atoms. The normalized spacial score (nSPS) is 21.5. The molecule has 10 nitrogen and oxygen atoms in total. The highest BCUT2D eigenvalue weighted by molar-refractivity contribution is 6.30. The summed E-state index contributed by atoms with van der Waals surface area (Å²) in [6.45, 7) is 3.25. The summed E-state index contributed by atoms with van der Waals surface area (Å²) in [5, 5.41) is 9.70. The summed E-state index contributed by atoms with van der Waals surface area (Å²) in [7, 11) is 5.05. The van der Waals surface area contributed by atoms with E-state index in [0.29, 0.717) is 50.1 Å². The summed E-state index contributed by atoms with van der Waals surface area (Å²) in [6, 6.07) is 7.50. The summed E-state index contributed by atoms with van der Waals surface area (Å²) >= 11 is 6.28. The highest BCUT2D eigenvalue weighted by atomic mass is 35.5. The molecule has 2 saturated heterocycles. The van der Waals surface area contributed by atoms with Crippen LogP contribution in [0.4, 0.5) is 9.59 Å². The summed E-state index contributed by atoms with van der Waals surface area (Å²) in [5.41, 5.74) is 0.951. The smallest absolute Gasteiger partial charge is 0.406 e. The number of likely N-dealkylation sites (tertiary alicyclic amines) is 2. The molecule has 0 aliphatic carbocycles. The van der Waals surface area contributed by atoms with Gasteiger partial charge in [0.25, 0.3) is 0 Å². The first-order valence-corrected chi connectivity index (χ1v) is 13.8. The Bertz CT molecular complexity index is 935. The van der Waals surface area contributed by atoms with Gasteiger partial charge in [-0.05, 0) is 56.3 Å². The quantitative estimate of drug-likeness (QED) is 0.364. The molecule has 2 aliphatic rings. The number of piperidine rings is 2. The van der Waals surface area contributed by atoms with Crippen LogP contribution in [0.25, 0.3) is 0 Å². The summed E-state index contributed by atoms with van der Waals surface area (Å²) in [6.07, 6.45) is 3.24. The summed E-state index contributed by atoms with van der Waals surface area (Å²) in [4.78, 5) is 40.3. The molecule has 1 aromatic rings. The molecule has 2 aliphatic heterocycles. The van der Waals surface area contributed by atoms with Crippen molar-refractivity contribution in [2.45, 2.75) is 44.2 Å². The van der Waals surface area contributed by atoms with E-state index >= 15 is 0 Å². The van der Waals surface area contributed by atoms with Gasteiger partial charge in [-0.3, -0.25) is 4.79 Å². The first-order valence-electron chi connectivity index (χ1n) is 13.4. The van der Waals surface area contributed by atoms with E-state index < -0.39 is 6.09 Å². The number of carbonyl (C=O) groups is 3. The molecule has 0 saturated carbocycles. The number of hydrogen-bond acceptors (Lipinski definition) is 6. The fourth-order valence-corrected chi connectivity index (χ4v) is 5.64. The minimum atomic E-state index is -0.504. The van der Waals surface area contributed by atoms with E-state index in [1.54, 1.807) is 4.90 Å². The number of amides is 4. The van der Waals surface area contributed by atoms with E-state index in [4.69, 9.17) is 16.3 Å². The average molecular weight is 552 g/mol. The van der Waals surface area contributed by atoms with Crippen LogP contribution in [0.3, 0.4) is 0 Å². The van der Waals surface area contributed by atoms with Gasteiger partial charge in [0.05, 0.1) is 19.8 Å². The second kappa shape index (κ2) is 15.1. The molecule has 212 valence electrons. The molecule has 4 atom stereocenters. The number of alkyl carbamates (subject to hydrolysis) is 1. The first kappa shape index (κ1) is 30.0. The van der Waals surface area contributed by atoms with Crippen molar-refractivity contribution >= 4 is 29.6 Å². The summed E-state index contributed by atoms with van der Waals surface area (Å²) < 4.78 is 10.9. The van der Waals surface area contributed by atoms with Crippen LogP contribution in [0.5, 0.6) is 0 Å². The third-order valence-electron chi connectivity index (χ3n) is 7.32. The van der Waals surface area contributed by atoms with Crippen molar-refractivity contribution in [2.75, 3.05) is 60.5 Å². The van der Waals surface area contributed by atoms with Gasteiger partial charge in [-0.1, -0.05) is 23.7 Å². The maximum Gasteiger partial charge on any atom is 0.406 e. The van der Waals surface area contributed by atoms with E-state index in [1.807, 2.05) is 43.3 Å². The number of urea groups is 1. The summed E-state index contributed by atoms with van der Waals surface area (Å²) in [5.74, 6) is 0.629. The molecule has 2 heterocycles. The Morgan fingerprint density at radius 1 is 1.24 bits per heavy atom. The number of nitrogens with zero attached hydrogens (tertiary/aromatic N) is 2. The van der Waals surface area contributed by atoms with Gasteiger partial charge in [0, 0.05) is 63.2 Å². The van der Waals surface area contributed by atoms with Crippen LogP contribution >= 0.6 is 11.6 Å². The zero-order chi connectivity index (χ0) is 27.5. The number of carbonyl (C=O) groups excluding carboxylic acids is 3. The van der Waals surface area contributed by atoms with Gasteiger partial charge in [0.2, 0.25) is 5.91 Å². The topological polar surface area (TPSA) is 112 Å². The van der Waals surface area contributed by atoms with Gasteiger partial charge in [-0.25, -0.2) is 9.59 Å². The lowest BCUT2D eigenvalue weighted by atomic mass is 9.88. The van der Waals surface area contributed by atoms with Crippen molar-refractivity contribution in [3.8, 4) is 0 Å². The number of likely N-dealkylation sites (N-methyl/N-ethyl adjacent to an activating group) is 1. The molecule has 11 heteroatoms.